The van der Waals surface area contributed by atoms with E-state index in [0.717, 1.165) is 5.92 Å². The number of aryl methyl sites for hydroxylation is 2. The molecule has 0 spiro atoms. The van der Waals surface area contributed by atoms with E-state index >= 15 is 0 Å². The van der Waals surface area contributed by atoms with Crippen molar-refractivity contribution in [1.82, 2.24) is 0 Å². The van der Waals surface area contributed by atoms with E-state index in [9.17, 15) is 0 Å². The average Bonchev–Trinajstić information content (AvgIpc) is 2.75. The van der Waals surface area contributed by atoms with Gasteiger partial charge in [-0.05, 0) is 54.7 Å². The molecule has 0 saturated heterocycles. The molecule has 0 saturated carbocycles. The van der Waals surface area contributed by atoms with Gasteiger partial charge in [-0.15, -0.1) is 0 Å². The Labute approximate surface area is 100 Å². The zero-order valence-electron chi connectivity index (χ0n) is 10.8. The van der Waals surface area contributed by atoms with E-state index < -0.39 is 0 Å². The molecule has 0 heteroatoms. The maximum atomic E-state index is 2.50. The Hall–Kier alpha value is -0.780. The highest BCUT2D eigenvalue weighted by Gasteiger charge is 2.14. The third-order valence-electron chi connectivity index (χ3n) is 3.87. The van der Waals surface area contributed by atoms with E-state index in [4.69, 9.17) is 0 Å². The molecule has 0 radical (unpaired) electrons. The Bertz CT molecular complexity index is 332. The summed E-state index contributed by atoms with van der Waals surface area (Å²) in [5.74, 6) is 0.806. The molecule has 0 N–H and O–H groups in total. The molecule has 0 bridgehead atoms. The van der Waals surface area contributed by atoms with Crippen molar-refractivity contribution in [2.24, 2.45) is 0 Å². The highest BCUT2D eigenvalue weighted by Crippen LogP contribution is 2.30. The van der Waals surface area contributed by atoms with Gasteiger partial charge in [0, 0.05) is 0 Å². The molecule has 0 atom stereocenters. The lowest BCUT2D eigenvalue weighted by Crippen LogP contribution is -1.99. The van der Waals surface area contributed by atoms with Crippen LogP contribution in [0.25, 0.3) is 0 Å². The standard InChI is InChI=1S/C16H24/c1-3-6-13(7-4-2)16-11-10-14-8-5-9-15(14)12-16/h10-13H,3-9H2,1-2H3. The summed E-state index contributed by atoms with van der Waals surface area (Å²) < 4.78 is 0. The van der Waals surface area contributed by atoms with Crippen LogP contribution in [0.3, 0.4) is 0 Å². The van der Waals surface area contributed by atoms with Crippen LogP contribution in [0, 0.1) is 0 Å². The predicted molar refractivity (Wildman–Crippen MR) is 71.0 cm³/mol. The van der Waals surface area contributed by atoms with Crippen LogP contribution in [0.1, 0.15) is 68.6 Å². The maximum Gasteiger partial charge on any atom is -0.0162 e. The lowest BCUT2D eigenvalue weighted by molar-refractivity contribution is 0.560. The molecule has 1 aliphatic rings. The molecule has 16 heavy (non-hydrogen) atoms. The fraction of sp³-hybridized carbons (Fsp3) is 0.625. The highest BCUT2D eigenvalue weighted by molar-refractivity contribution is 5.36. The average molecular weight is 216 g/mol. The highest BCUT2D eigenvalue weighted by atomic mass is 14.2. The van der Waals surface area contributed by atoms with E-state index in [1.807, 2.05) is 0 Å². The summed E-state index contributed by atoms with van der Waals surface area (Å²) in [5, 5.41) is 0. The van der Waals surface area contributed by atoms with E-state index in [1.54, 1.807) is 16.7 Å². The first-order valence-corrected chi connectivity index (χ1v) is 6.96. The third kappa shape index (κ3) is 2.48. The molecule has 1 aliphatic carbocycles. The SMILES string of the molecule is CCCC(CCC)c1ccc2c(c1)CCC2. The van der Waals surface area contributed by atoms with Crippen LogP contribution in [-0.4, -0.2) is 0 Å². The minimum Gasteiger partial charge on any atom is -0.0654 e. The van der Waals surface area contributed by atoms with Gasteiger partial charge in [-0.1, -0.05) is 44.9 Å². The van der Waals surface area contributed by atoms with Crippen LogP contribution in [-0.2, 0) is 12.8 Å². The van der Waals surface area contributed by atoms with Crippen LogP contribution >= 0.6 is 0 Å². The number of hydrogen-bond donors (Lipinski definition) is 0. The molecule has 1 aromatic rings. The van der Waals surface area contributed by atoms with E-state index in [2.05, 4.69) is 32.0 Å². The minimum atomic E-state index is 0.806. The van der Waals surface area contributed by atoms with Crippen LogP contribution in [0.2, 0.25) is 0 Å². The molecule has 0 heterocycles. The second-order valence-electron chi connectivity index (χ2n) is 5.16. The van der Waals surface area contributed by atoms with Gasteiger partial charge >= 0.3 is 0 Å². The molecule has 0 fully saturated rings. The summed E-state index contributed by atoms with van der Waals surface area (Å²) in [6.07, 6.45) is 9.31. The van der Waals surface area contributed by atoms with Crippen molar-refractivity contribution < 1.29 is 0 Å². The van der Waals surface area contributed by atoms with Crippen molar-refractivity contribution in [3.8, 4) is 0 Å². The van der Waals surface area contributed by atoms with Gasteiger partial charge in [-0.3, -0.25) is 0 Å². The summed E-state index contributed by atoms with van der Waals surface area (Å²) in [7, 11) is 0. The summed E-state index contributed by atoms with van der Waals surface area (Å²) in [5.41, 5.74) is 4.84. The van der Waals surface area contributed by atoms with Crippen molar-refractivity contribution in [2.45, 2.75) is 64.7 Å². The fourth-order valence-corrected chi connectivity index (χ4v) is 3.02. The first-order chi connectivity index (χ1) is 7.85. The number of hydrogen-bond acceptors (Lipinski definition) is 0. The molecule has 0 unspecified atom stereocenters. The van der Waals surface area contributed by atoms with Crippen molar-refractivity contribution in [3.63, 3.8) is 0 Å². The van der Waals surface area contributed by atoms with Gasteiger partial charge < -0.3 is 0 Å². The van der Waals surface area contributed by atoms with Crippen molar-refractivity contribution >= 4 is 0 Å². The lowest BCUT2D eigenvalue weighted by atomic mass is 9.89. The van der Waals surface area contributed by atoms with Crippen LogP contribution in [0.15, 0.2) is 18.2 Å². The van der Waals surface area contributed by atoms with Crippen LogP contribution in [0.5, 0.6) is 0 Å². The Morgan fingerprint density at radius 2 is 1.69 bits per heavy atom. The fourth-order valence-electron chi connectivity index (χ4n) is 3.02. The van der Waals surface area contributed by atoms with Gasteiger partial charge in [0.15, 0.2) is 0 Å². The molecule has 0 nitrogen and oxygen atoms in total. The van der Waals surface area contributed by atoms with Gasteiger partial charge in [0.1, 0.15) is 0 Å². The molecule has 0 aromatic heterocycles. The lowest BCUT2D eigenvalue weighted by Gasteiger charge is -2.17. The van der Waals surface area contributed by atoms with Gasteiger partial charge in [0.2, 0.25) is 0 Å². The molecule has 2 rings (SSSR count). The summed E-state index contributed by atoms with van der Waals surface area (Å²) >= 11 is 0. The second kappa shape index (κ2) is 5.52. The molecule has 1 aromatic carbocycles. The molecular weight excluding hydrogens is 192 g/mol. The molecule has 0 aliphatic heterocycles. The first-order valence-electron chi connectivity index (χ1n) is 6.96. The third-order valence-corrected chi connectivity index (χ3v) is 3.87. The second-order valence-corrected chi connectivity index (χ2v) is 5.16. The van der Waals surface area contributed by atoms with Crippen LogP contribution in [0.4, 0.5) is 0 Å². The Kier molecular flexibility index (Phi) is 4.04. The number of rotatable bonds is 5. The van der Waals surface area contributed by atoms with Crippen molar-refractivity contribution in [3.05, 3.63) is 34.9 Å². The number of fused-ring (bicyclic) bond motifs is 1. The van der Waals surface area contributed by atoms with E-state index in [1.165, 1.54) is 44.9 Å². The molecular formula is C16H24. The topological polar surface area (TPSA) is 0 Å². The smallest absolute Gasteiger partial charge is 0.0162 e. The van der Waals surface area contributed by atoms with Crippen molar-refractivity contribution in [2.75, 3.05) is 0 Å². The summed E-state index contributed by atoms with van der Waals surface area (Å²) in [6, 6.07) is 7.27. The maximum absolute atomic E-state index is 2.50. The predicted octanol–water partition coefficient (Wildman–Crippen LogP) is 4.86. The quantitative estimate of drug-likeness (QED) is 0.659. The van der Waals surface area contributed by atoms with Gasteiger partial charge in [-0.2, -0.15) is 0 Å². The van der Waals surface area contributed by atoms with Gasteiger partial charge in [0.25, 0.3) is 0 Å². The van der Waals surface area contributed by atoms with E-state index in [-0.39, 0.29) is 0 Å². The Morgan fingerprint density at radius 1 is 1.00 bits per heavy atom. The molecule has 88 valence electrons. The zero-order chi connectivity index (χ0) is 11.4. The summed E-state index contributed by atoms with van der Waals surface area (Å²) in [4.78, 5) is 0. The molecule has 0 amide bonds. The Morgan fingerprint density at radius 3 is 2.38 bits per heavy atom. The first kappa shape index (κ1) is 11.7. The number of benzene rings is 1. The largest absolute Gasteiger partial charge is 0.0654 e. The summed E-state index contributed by atoms with van der Waals surface area (Å²) in [6.45, 7) is 4.60. The van der Waals surface area contributed by atoms with Gasteiger partial charge in [0.05, 0.1) is 0 Å². The Balaban J connectivity index is 2.17. The monoisotopic (exact) mass is 216 g/mol. The van der Waals surface area contributed by atoms with Gasteiger partial charge in [-0.25, -0.2) is 0 Å². The van der Waals surface area contributed by atoms with Crippen LogP contribution < -0.4 is 0 Å². The normalized spacial score (nSPS) is 14.4. The van der Waals surface area contributed by atoms with Crippen molar-refractivity contribution in [1.29, 1.82) is 0 Å². The zero-order valence-corrected chi connectivity index (χ0v) is 10.8. The van der Waals surface area contributed by atoms with E-state index in [0.29, 0.717) is 0 Å². The minimum absolute atomic E-state index is 0.806.